The van der Waals surface area contributed by atoms with Crippen molar-refractivity contribution in [3.8, 4) is 5.75 Å². The smallest absolute Gasteiger partial charge is 0.291 e. The van der Waals surface area contributed by atoms with Crippen LogP contribution in [-0.4, -0.2) is 18.4 Å². The molecule has 0 saturated heterocycles. The first kappa shape index (κ1) is 20.2. The average Bonchev–Trinajstić information content (AvgIpc) is 3.27. The van der Waals surface area contributed by atoms with Gasteiger partial charge in [0.05, 0.1) is 6.26 Å². The first-order valence-corrected chi connectivity index (χ1v) is 9.53. The number of hydrogen-bond donors (Lipinski definition) is 2. The Labute approximate surface area is 169 Å². The van der Waals surface area contributed by atoms with Gasteiger partial charge in [0.25, 0.3) is 11.8 Å². The van der Waals surface area contributed by atoms with E-state index in [1.165, 1.54) is 6.26 Å². The van der Waals surface area contributed by atoms with Crippen LogP contribution in [0.2, 0.25) is 0 Å². The zero-order chi connectivity index (χ0) is 20.6. The number of ether oxygens (including phenoxy) is 1. The van der Waals surface area contributed by atoms with E-state index < -0.39 is 0 Å². The highest BCUT2D eigenvalue weighted by Crippen LogP contribution is 2.28. The molecule has 0 bridgehead atoms. The summed E-state index contributed by atoms with van der Waals surface area (Å²) in [5.41, 5.74) is 2.20. The first-order chi connectivity index (χ1) is 14.1. The molecule has 0 aliphatic heterocycles. The van der Waals surface area contributed by atoms with Crippen LogP contribution in [0.1, 0.15) is 42.3 Å². The van der Waals surface area contributed by atoms with Gasteiger partial charge in [0.1, 0.15) is 5.75 Å². The Morgan fingerprint density at radius 2 is 1.76 bits per heavy atom. The van der Waals surface area contributed by atoms with Crippen LogP contribution in [0.25, 0.3) is 0 Å². The van der Waals surface area contributed by atoms with E-state index in [0.717, 1.165) is 17.7 Å². The van der Waals surface area contributed by atoms with Gasteiger partial charge >= 0.3 is 0 Å². The van der Waals surface area contributed by atoms with E-state index in [2.05, 4.69) is 24.5 Å². The zero-order valence-corrected chi connectivity index (χ0v) is 16.5. The second kappa shape index (κ2) is 9.59. The Morgan fingerprint density at radius 1 is 1.00 bits per heavy atom. The Balaban J connectivity index is 1.58. The molecule has 3 rings (SSSR count). The summed E-state index contributed by atoms with van der Waals surface area (Å²) in [7, 11) is 0. The van der Waals surface area contributed by atoms with Gasteiger partial charge < -0.3 is 19.8 Å². The van der Waals surface area contributed by atoms with Crippen molar-refractivity contribution in [1.29, 1.82) is 0 Å². The quantitative estimate of drug-likeness (QED) is 0.561. The molecule has 0 radical (unpaired) electrons. The van der Waals surface area contributed by atoms with Crippen LogP contribution in [0.4, 0.5) is 11.4 Å². The Morgan fingerprint density at radius 3 is 2.48 bits per heavy atom. The second-order valence-corrected chi connectivity index (χ2v) is 6.70. The van der Waals surface area contributed by atoms with Crippen molar-refractivity contribution in [2.75, 3.05) is 17.2 Å². The molecule has 150 valence electrons. The molecule has 2 N–H and O–H groups in total. The standard InChI is InChI=1S/C23H24N2O4/c1-3-16(2)19-10-4-5-11-20(19)29-15-22(26)24-17-8-6-9-18(14-17)25-23(27)21-12-7-13-28-21/h4-14,16H,3,15H2,1-2H3,(H,24,26)(H,25,27). The van der Waals surface area contributed by atoms with E-state index in [0.29, 0.717) is 17.3 Å². The van der Waals surface area contributed by atoms with E-state index in [1.54, 1.807) is 36.4 Å². The number of amides is 2. The fraction of sp³-hybridized carbons (Fsp3) is 0.217. The van der Waals surface area contributed by atoms with Gasteiger partial charge in [-0.2, -0.15) is 0 Å². The van der Waals surface area contributed by atoms with Crippen LogP contribution >= 0.6 is 0 Å². The summed E-state index contributed by atoms with van der Waals surface area (Å²) in [6.45, 7) is 4.15. The number of carbonyl (C=O) groups is 2. The highest BCUT2D eigenvalue weighted by Gasteiger charge is 2.12. The van der Waals surface area contributed by atoms with E-state index in [4.69, 9.17) is 9.15 Å². The van der Waals surface area contributed by atoms with Crippen LogP contribution in [0.5, 0.6) is 5.75 Å². The maximum Gasteiger partial charge on any atom is 0.291 e. The van der Waals surface area contributed by atoms with Gasteiger partial charge in [-0.25, -0.2) is 0 Å². The number of furan rings is 1. The number of carbonyl (C=O) groups excluding carboxylic acids is 2. The lowest BCUT2D eigenvalue weighted by Crippen LogP contribution is -2.21. The van der Waals surface area contributed by atoms with Crippen LogP contribution in [-0.2, 0) is 4.79 Å². The van der Waals surface area contributed by atoms with Gasteiger partial charge in [0, 0.05) is 11.4 Å². The van der Waals surface area contributed by atoms with Gasteiger partial charge in [-0.1, -0.05) is 38.1 Å². The second-order valence-electron chi connectivity index (χ2n) is 6.70. The normalized spacial score (nSPS) is 11.5. The fourth-order valence-electron chi connectivity index (χ4n) is 2.85. The first-order valence-electron chi connectivity index (χ1n) is 9.53. The van der Waals surface area contributed by atoms with Gasteiger partial charge in [0.2, 0.25) is 0 Å². The molecule has 0 saturated carbocycles. The van der Waals surface area contributed by atoms with Crippen molar-refractivity contribution in [3.63, 3.8) is 0 Å². The Hall–Kier alpha value is -3.54. The topological polar surface area (TPSA) is 80.6 Å². The molecule has 0 spiro atoms. The Kier molecular flexibility index (Phi) is 6.68. The predicted octanol–water partition coefficient (Wildman–Crippen LogP) is 5.06. The number of anilines is 2. The van der Waals surface area contributed by atoms with Crippen molar-refractivity contribution in [3.05, 3.63) is 78.3 Å². The summed E-state index contributed by atoms with van der Waals surface area (Å²) in [5.74, 6) is 0.648. The summed E-state index contributed by atoms with van der Waals surface area (Å²) in [5, 5.41) is 5.51. The van der Waals surface area contributed by atoms with Gasteiger partial charge in [0.15, 0.2) is 12.4 Å². The molecule has 3 aromatic rings. The number of benzene rings is 2. The maximum atomic E-state index is 12.3. The van der Waals surface area contributed by atoms with Crippen molar-refractivity contribution >= 4 is 23.2 Å². The third-order valence-electron chi connectivity index (χ3n) is 4.57. The number of rotatable bonds is 8. The molecule has 1 unspecified atom stereocenters. The summed E-state index contributed by atoms with van der Waals surface area (Å²) in [4.78, 5) is 24.4. The SMILES string of the molecule is CCC(C)c1ccccc1OCC(=O)Nc1cccc(NC(=O)c2ccco2)c1. The minimum atomic E-state index is -0.358. The molecule has 2 aromatic carbocycles. The lowest BCUT2D eigenvalue weighted by Gasteiger charge is -2.15. The third kappa shape index (κ3) is 5.48. The molecule has 29 heavy (non-hydrogen) atoms. The predicted molar refractivity (Wildman–Crippen MR) is 112 cm³/mol. The minimum Gasteiger partial charge on any atom is -0.483 e. The van der Waals surface area contributed by atoms with Crippen LogP contribution in [0.15, 0.2) is 71.3 Å². The molecule has 2 amide bonds. The third-order valence-corrected chi connectivity index (χ3v) is 4.57. The average molecular weight is 392 g/mol. The summed E-state index contributed by atoms with van der Waals surface area (Å²) in [6, 6.07) is 17.9. The maximum absolute atomic E-state index is 12.3. The van der Waals surface area contributed by atoms with Gasteiger partial charge in [-0.05, 0) is 54.3 Å². The Bertz CT molecular complexity index is 967. The van der Waals surface area contributed by atoms with E-state index in [1.807, 2.05) is 24.3 Å². The molecule has 6 nitrogen and oxygen atoms in total. The van der Waals surface area contributed by atoms with Crippen molar-refractivity contribution in [1.82, 2.24) is 0 Å². The molecule has 0 aliphatic rings. The summed E-state index contributed by atoms with van der Waals surface area (Å²) >= 11 is 0. The van der Waals surface area contributed by atoms with Crippen LogP contribution in [0, 0.1) is 0 Å². The monoisotopic (exact) mass is 392 g/mol. The van der Waals surface area contributed by atoms with Crippen LogP contribution < -0.4 is 15.4 Å². The minimum absolute atomic E-state index is 0.101. The molecule has 1 heterocycles. The van der Waals surface area contributed by atoms with Crippen molar-refractivity contribution in [2.45, 2.75) is 26.2 Å². The van der Waals surface area contributed by atoms with Gasteiger partial charge in [-0.15, -0.1) is 0 Å². The van der Waals surface area contributed by atoms with Crippen LogP contribution in [0.3, 0.4) is 0 Å². The van der Waals surface area contributed by atoms with E-state index >= 15 is 0 Å². The summed E-state index contributed by atoms with van der Waals surface area (Å²) < 4.78 is 10.8. The lowest BCUT2D eigenvalue weighted by molar-refractivity contribution is -0.118. The number of nitrogens with one attached hydrogen (secondary N) is 2. The largest absolute Gasteiger partial charge is 0.483 e. The molecule has 6 heteroatoms. The van der Waals surface area contributed by atoms with Gasteiger partial charge in [-0.3, -0.25) is 9.59 Å². The molecular weight excluding hydrogens is 368 g/mol. The number of para-hydroxylation sites is 1. The molecule has 0 fully saturated rings. The molecule has 1 aromatic heterocycles. The summed E-state index contributed by atoms with van der Waals surface area (Å²) in [6.07, 6.45) is 2.42. The molecule has 0 aliphatic carbocycles. The highest BCUT2D eigenvalue weighted by molar-refractivity contribution is 6.02. The lowest BCUT2D eigenvalue weighted by atomic mass is 9.98. The fourth-order valence-corrected chi connectivity index (χ4v) is 2.85. The van der Waals surface area contributed by atoms with E-state index in [9.17, 15) is 9.59 Å². The zero-order valence-electron chi connectivity index (χ0n) is 16.5. The van der Waals surface area contributed by atoms with Crippen molar-refractivity contribution < 1.29 is 18.7 Å². The molecular formula is C23H24N2O4. The number of hydrogen-bond acceptors (Lipinski definition) is 4. The highest BCUT2D eigenvalue weighted by atomic mass is 16.5. The molecule has 1 atom stereocenters. The van der Waals surface area contributed by atoms with E-state index in [-0.39, 0.29) is 24.2 Å². The van der Waals surface area contributed by atoms with Crippen molar-refractivity contribution in [2.24, 2.45) is 0 Å².